The highest BCUT2D eigenvalue weighted by atomic mass is 32.2. The minimum absolute atomic E-state index is 0.184. The summed E-state index contributed by atoms with van der Waals surface area (Å²) < 4.78 is 0. The molecule has 0 aliphatic heterocycles. The molecule has 0 fully saturated rings. The van der Waals surface area contributed by atoms with Crippen molar-refractivity contribution in [2.75, 3.05) is 17.3 Å². The summed E-state index contributed by atoms with van der Waals surface area (Å²) >= 11 is 0. The van der Waals surface area contributed by atoms with Gasteiger partial charge in [-0.25, -0.2) is 0 Å². The number of aliphatic carboxylic acids is 2. The number of hydrogen-bond donors (Lipinski definition) is 3. The lowest BCUT2D eigenvalue weighted by Gasteiger charge is -2.19. The number of carbonyl (C=O) groups is 2. The minimum atomic E-state index is -0.765. The first-order valence-corrected chi connectivity index (χ1v) is 13.1. The molecule has 0 radical (unpaired) electrons. The highest BCUT2D eigenvalue weighted by Crippen LogP contribution is 2.29. The number of hydrogen-bond acceptors (Lipinski definition) is 2. The van der Waals surface area contributed by atoms with Crippen molar-refractivity contribution in [3.05, 3.63) is 0 Å². The molecule has 0 saturated heterocycles. The van der Waals surface area contributed by atoms with Gasteiger partial charge in [0.15, 0.2) is 0 Å². The van der Waals surface area contributed by atoms with Crippen LogP contribution in [0, 0.1) is 0 Å². The van der Waals surface area contributed by atoms with Crippen molar-refractivity contribution in [3.8, 4) is 0 Å². The van der Waals surface area contributed by atoms with E-state index in [-0.39, 0.29) is 12.8 Å². The highest BCUT2D eigenvalue weighted by molar-refractivity contribution is 8.17. The predicted octanol–water partition coefficient (Wildman–Crippen LogP) is 6.42. The van der Waals surface area contributed by atoms with Crippen LogP contribution < -0.4 is 0 Å². The Kier molecular flexibility index (Phi) is 19.5. The summed E-state index contributed by atoms with van der Waals surface area (Å²) in [7, 11) is -0.428. The maximum Gasteiger partial charge on any atom is 0.304 e. The third-order valence-corrected chi connectivity index (χ3v) is 7.77. The lowest BCUT2D eigenvalue weighted by atomic mass is 10.0. The molecule has 0 bridgehead atoms. The second-order valence-electron chi connectivity index (χ2n) is 7.73. The minimum Gasteiger partial charge on any atom is -0.481 e. The van der Waals surface area contributed by atoms with Crippen molar-refractivity contribution < 1.29 is 19.8 Å². The predicted molar refractivity (Wildman–Crippen MR) is 118 cm³/mol. The molecule has 162 valence electrons. The number of unbranched alkanes of at least 4 members (excludes halogenated alkanes) is 13. The van der Waals surface area contributed by atoms with Crippen LogP contribution in [0.15, 0.2) is 0 Å². The molecule has 0 aromatic rings. The van der Waals surface area contributed by atoms with E-state index in [1.807, 2.05) is 0 Å². The molecule has 2 N–H and O–H groups in total. The second kappa shape index (κ2) is 20.0. The molecule has 0 atom stereocenters. The smallest absolute Gasteiger partial charge is 0.304 e. The fraction of sp³-hybridized carbons (Fsp3) is 0.909. The molecule has 0 rings (SSSR count). The molecule has 0 aromatic heterocycles. The summed E-state index contributed by atoms with van der Waals surface area (Å²) in [5, 5.41) is 17.7. The second-order valence-corrected chi connectivity index (χ2v) is 10.4. The molecule has 0 aliphatic carbocycles. The molecular formula is C22H44O4S. The Balaban J connectivity index is 3.47. The summed E-state index contributed by atoms with van der Waals surface area (Å²) in [6, 6.07) is 0. The van der Waals surface area contributed by atoms with Gasteiger partial charge in [-0.2, -0.15) is 0 Å². The van der Waals surface area contributed by atoms with Gasteiger partial charge in [-0.3, -0.25) is 20.5 Å². The van der Waals surface area contributed by atoms with Gasteiger partial charge in [0, 0.05) is 0 Å². The van der Waals surface area contributed by atoms with E-state index in [0.717, 1.165) is 12.2 Å². The fourth-order valence-electron chi connectivity index (χ4n) is 3.37. The van der Waals surface area contributed by atoms with E-state index in [0.29, 0.717) is 11.5 Å². The van der Waals surface area contributed by atoms with Crippen LogP contribution in [-0.2, 0) is 9.59 Å². The third kappa shape index (κ3) is 21.4. The summed E-state index contributed by atoms with van der Waals surface area (Å²) in [5.74, 6) is 0.860. The Morgan fingerprint density at radius 2 is 0.889 bits per heavy atom. The molecule has 0 aliphatic rings. The van der Waals surface area contributed by atoms with Crippen LogP contribution in [0.4, 0.5) is 0 Å². The normalized spacial score (nSPS) is 11.5. The zero-order valence-corrected chi connectivity index (χ0v) is 18.5. The van der Waals surface area contributed by atoms with E-state index in [2.05, 4.69) is 6.92 Å². The average Bonchev–Trinajstić information content (AvgIpc) is 2.63. The summed E-state index contributed by atoms with van der Waals surface area (Å²) in [6.07, 6.45) is 19.1. The van der Waals surface area contributed by atoms with Gasteiger partial charge >= 0.3 is 11.9 Å². The SMILES string of the molecule is CCCCCCCCCCCCCCCC[SH](CCC(=O)O)CCC(=O)O. The summed E-state index contributed by atoms with van der Waals surface area (Å²) in [6.45, 7) is 2.26. The number of rotatable bonds is 21. The molecule has 4 nitrogen and oxygen atoms in total. The summed E-state index contributed by atoms with van der Waals surface area (Å²) in [4.78, 5) is 21.5. The molecular weight excluding hydrogens is 360 g/mol. The highest BCUT2D eigenvalue weighted by Gasteiger charge is 2.09. The Hall–Kier alpha value is -0.710. The van der Waals surface area contributed by atoms with Gasteiger partial charge in [0.1, 0.15) is 0 Å². The van der Waals surface area contributed by atoms with Crippen LogP contribution in [0.2, 0.25) is 0 Å². The van der Waals surface area contributed by atoms with Gasteiger partial charge < -0.3 is 10.2 Å². The monoisotopic (exact) mass is 404 g/mol. The molecule has 0 spiro atoms. The first kappa shape index (κ1) is 26.3. The number of carboxylic acids is 2. The van der Waals surface area contributed by atoms with Crippen molar-refractivity contribution in [2.45, 2.75) is 110 Å². The maximum absolute atomic E-state index is 10.7. The summed E-state index contributed by atoms with van der Waals surface area (Å²) in [5.41, 5.74) is 0. The Labute approximate surface area is 169 Å². The number of thiol groups is 1. The van der Waals surface area contributed by atoms with Gasteiger partial charge in [-0.05, 0) is 23.7 Å². The molecule has 0 aromatic carbocycles. The van der Waals surface area contributed by atoms with Crippen LogP contribution in [0.3, 0.4) is 0 Å². The fourth-order valence-corrected chi connectivity index (χ4v) is 5.73. The molecule has 27 heavy (non-hydrogen) atoms. The molecule has 0 heterocycles. The van der Waals surface area contributed by atoms with Crippen LogP contribution >= 0.6 is 10.9 Å². The lowest BCUT2D eigenvalue weighted by Crippen LogP contribution is -2.08. The zero-order valence-electron chi connectivity index (χ0n) is 17.6. The van der Waals surface area contributed by atoms with Crippen LogP contribution in [0.5, 0.6) is 0 Å². The first-order valence-electron chi connectivity index (χ1n) is 11.2. The van der Waals surface area contributed by atoms with E-state index in [1.54, 1.807) is 0 Å². The van der Waals surface area contributed by atoms with Crippen molar-refractivity contribution in [1.29, 1.82) is 0 Å². The molecule has 0 amide bonds. The van der Waals surface area contributed by atoms with Crippen LogP contribution in [-0.4, -0.2) is 39.4 Å². The van der Waals surface area contributed by atoms with E-state index >= 15 is 0 Å². The zero-order chi connectivity index (χ0) is 20.2. The van der Waals surface area contributed by atoms with Gasteiger partial charge in [-0.1, -0.05) is 90.4 Å². The van der Waals surface area contributed by atoms with Crippen molar-refractivity contribution in [3.63, 3.8) is 0 Å². The Bertz CT molecular complexity index is 342. The van der Waals surface area contributed by atoms with Gasteiger partial charge in [0.2, 0.25) is 0 Å². The van der Waals surface area contributed by atoms with Gasteiger partial charge in [0.25, 0.3) is 0 Å². The van der Waals surface area contributed by atoms with Crippen molar-refractivity contribution in [2.24, 2.45) is 0 Å². The first-order chi connectivity index (χ1) is 13.1. The lowest BCUT2D eigenvalue weighted by molar-refractivity contribution is -0.137. The standard InChI is InChI=1S/C22H44O4S/c1-2-3-4-5-6-7-8-9-10-11-12-13-14-15-18-27(19-16-21(23)24)20-17-22(25)26/h27H,2-20H2,1H3,(H,23,24)(H,25,26). The number of carboxylic acid groups (broad SMARTS) is 2. The van der Waals surface area contributed by atoms with Crippen molar-refractivity contribution >= 4 is 22.8 Å². The van der Waals surface area contributed by atoms with Gasteiger partial charge in [-0.15, -0.1) is 0 Å². The molecule has 5 heteroatoms. The topological polar surface area (TPSA) is 74.6 Å². The third-order valence-electron chi connectivity index (χ3n) is 5.11. The van der Waals surface area contributed by atoms with Crippen LogP contribution in [0.1, 0.15) is 110 Å². The van der Waals surface area contributed by atoms with E-state index in [9.17, 15) is 9.59 Å². The van der Waals surface area contributed by atoms with E-state index in [1.165, 1.54) is 83.5 Å². The maximum atomic E-state index is 10.7. The Morgan fingerprint density at radius 1 is 0.556 bits per heavy atom. The largest absolute Gasteiger partial charge is 0.481 e. The van der Waals surface area contributed by atoms with E-state index in [4.69, 9.17) is 10.2 Å². The quantitative estimate of drug-likeness (QED) is 0.152. The van der Waals surface area contributed by atoms with Crippen LogP contribution in [0.25, 0.3) is 0 Å². The van der Waals surface area contributed by atoms with E-state index < -0.39 is 22.8 Å². The molecule has 0 unspecified atom stereocenters. The average molecular weight is 405 g/mol. The van der Waals surface area contributed by atoms with Gasteiger partial charge in [0.05, 0.1) is 12.8 Å². The molecule has 0 saturated carbocycles. The van der Waals surface area contributed by atoms with Crippen molar-refractivity contribution in [1.82, 2.24) is 0 Å². The Morgan fingerprint density at radius 3 is 1.22 bits per heavy atom.